The Morgan fingerprint density at radius 3 is 2.83 bits per heavy atom. The molecule has 0 bridgehead atoms. The number of hydrogen-bond donors (Lipinski definition) is 2. The highest BCUT2D eigenvalue weighted by Gasteiger charge is 2.13. The van der Waals surface area contributed by atoms with E-state index >= 15 is 0 Å². The molecule has 0 aliphatic carbocycles. The molecule has 3 rings (SSSR count). The van der Waals surface area contributed by atoms with Gasteiger partial charge in [0.2, 0.25) is 10.0 Å². The van der Waals surface area contributed by atoms with Crippen molar-refractivity contribution in [3.8, 4) is 5.82 Å². The Kier molecular flexibility index (Phi) is 4.88. The van der Waals surface area contributed by atoms with Gasteiger partial charge < -0.3 is 5.32 Å². The van der Waals surface area contributed by atoms with Crippen LogP contribution in [0.25, 0.3) is 5.82 Å². The van der Waals surface area contributed by atoms with Gasteiger partial charge in [-0.25, -0.2) is 27.8 Å². The van der Waals surface area contributed by atoms with Crippen LogP contribution in [0, 0.1) is 6.92 Å². The van der Waals surface area contributed by atoms with Crippen molar-refractivity contribution in [3.63, 3.8) is 0 Å². The van der Waals surface area contributed by atoms with E-state index in [2.05, 4.69) is 25.1 Å². The van der Waals surface area contributed by atoms with Gasteiger partial charge in [0.05, 0.1) is 5.69 Å². The molecule has 0 atom stereocenters. The van der Waals surface area contributed by atoms with Crippen molar-refractivity contribution in [1.82, 2.24) is 24.5 Å². The Bertz CT molecular complexity index is 905. The first-order chi connectivity index (χ1) is 11.5. The first kappa shape index (κ1) is 16.6. The zero-order chi connectivity index (χ0) is 17.0. The molecule has 0 saturated heterocycles. The number of nitrogens with zero attached hydrogens (tertiary/aromatic N) is 4. The fraction of sp³-hybridized carbons (Fsp3) is 0.214. The molecule has 0 amide bonds. The highest BCUT2D eigenvalue weighted by molar-refractivity contribution is 7.91. The molecule has 0 saturated carbocycles. The van der Waals surface area contributed by atoms with Crippen molar-refractivity contribution in [2.75, 3.05) is 18.4 Å². The quantitative estimate of drug-likeness (QED) is 0.615. The molecule has 2 N–H and O–H groups in total. The van der Waals surface area contributed by atoms with Crippen molar-refractivity contribution in [1.29, 1.82) is 0 Å². The second kappa shape index (κ2) is 7.07. The molecular weight excluding hydrogens is 348 g/mol. The molecule has 0 spiro atoms. The monoisotopic (exact) mass is 364 g/mol. The minimum atomic E-state index is -3.44. The van der Waals surface area contributed by atoms with Gasteiger partial charge in [0.25, 0.3) is 0 Å². The molecule has 3 aromatic heterocycles. The van der Waals surface area contributed by atoms with E-state index in [1.165, 1.54) is 17.7 Å². The van der Waals surface area contributed by atoms with Gasteiger partial charge in [0.1, 0.15) is 16.4 Å². The summed E-state index contributed by atoms with van der Waals surface area (Å²) in [6, 6.07) is 6.91. The summed E-state index contributed by atoms with van der Waals surface area (Å²) in [6.45, 7) is 2.55. The van der Waals surface area contributed by atoms with Crippen LogP contribution in [0.5, 0.6) is 0 Å². The van der Waals surface area contributed by atoms with E-state index in [4.69, 9.17) is 0 Å². The maximum absolute atomic E-state index is 12.0. The molecule has 3 aromatic rings. The Labute approximate surface area is 143 Å². The average molecular weight is 364 g/mol. The summed E-state index contributed by atoms with van der Waals surface area (Å²) in [5.41, 5.74) is 0.895. The van der Waals surface area contributed by atoms with Crippen LogP contribution in [-0.2, 0) is 10.0 Å². The lowest BCUT2D eigenvalue weighted by Crippen LogP contribution is -2.28. The van der Waals surface area contributed by atoms with Crippen LogP contribution in [0.4, 0.5) is 5.82 Å². The van der Waals surface area contributed by atoms with Gasteiger partial charge in [-0.05, 0) is 24.4 Å². The standard InChI is InChI=1S/C14H16N6O2S2/c1-11-4-7-20(19-11)13-9-12(16-10-17-13)15-5-6-18-24(21,22)14-3-2-8-23-14/h2-4,7-10,18H,5-6H2,1H3,(H,15,16,17). The van der Waals surface area contributed by atoms with Crippen molar-refractivity contribution in [2.45, 2.75) is 11.1 Å². The van der Waals surface area contributed by atoms with E-state index in [1.807, 2.05) is 19.2 Å². The van der Waals surface area contributed by atoms with Gasteiger partial charge in [-0.15, -0.1) is 11.3 Å². The molecule has 10 heteroatoms. The van der Waals surface area contributed by atoms with Crippen LogP contribution >= 0.6 is 11.3 Å². The van der Waals surface area contributed by atoms with Crippen molar-refractivity contribution in [2.24, 2.45) is 0 Å². The van der Waals surface area contributed by atoms with E-state index in [-0.39, 0.29) is 6.54 Å². The van der Waals surface area contributed by atoms with E-state index in [0.717, 1.165) is 5.69 Å². The fourth-order valence-corrected chi connectivity index (χ4v) is 4.04. The third-order valence-electron chi connectivity index (χ3n) is 3.09. The molecule has 8 nitrogen and oxygen atoms in total. The lowest BCUT2D eigenvalue weighted by Gasteiger charge is -2.08. The van der Waals surface area contributed by atoms with E-state index in [0.29, 0.717) is 22.4 Å². The predicted octanol–water partition coefficient (Wildman–Crippen LogP) is 1.42. The van der Waals surface area contributed by atoms with Gasteiger partial charge in [-0.1, -0.05) is 6.07 Å². The van der Waals surface area contributed by atoms with Crippen molar-refractivity contribution >= 4 is 27.2 Å². The van der Waals surface area contributed by atoms with E-state index in [9.17, 15) is 8.42 Å². The van der Waals surface area contributed by atoms with Crippen LogP contribution < -0.4 is 10.0 Å². The summed E-state index contributed by atoms with van der Waals surface area (Å²) in [6.07, 6.45) is 3.25. The normalized spacial score (nSPS) is 11.5. The highest BCUT2D eigenvalue weighted by atomic mass is 32.2. The van der Waals surface area contributed by atoms with Crippen LogP contribution in [0.15, 0.2) is 46.4 Å². The number of aryl methyl sites for hydroxylation is 1. The zero-order valence-corrected chi connectivity index (χ0v) is 14.5. The molecule has 24 heavy (non-hydrogen) atoms. The number of thiophene rings is 1. The molecule has 0 radical (unpaired) electrons. The summed E-state index contributed by atoms with van der Waals surface area (Å²) in [4.78, 5) is 8.28. The Morgan fingerprint density at radius 1 is 1.25 bits per heavy atom. The van der Waals surface area contributed by atoms with Gasteiger partial charge in [-0.3, -0.25) is 0 Å². The molecule has 126 valence electrons. The van der Waals surface area contributed by atoms with Gasteiger partial charge in [0.15, 0.2) is 5.82 Å². The maximum Gasteiger partial charge on any atom is 0.250 e. The number of aromatic nitrogens is 4. The minimum absolute atomic E-state index is 0.250. The molecule has 0 fully saturated rings. The largest absolute Gasteiger partial charge is 0.369 e. The Morgan fingerprint density at radius 2 is 2.12 bits per heavy atom. The summed E-state index contributed by atoms with van der Waals surface area (Å²) in [5.74, 6) is 1.24. The lowest BCUT2D eigenvalue weighted by atomic mass is 10.5. The summed E-state index contributed by atoms with van der Waals surface area (Å²) >= 11 is 1.18. The second-order valence-corrected chi connectivity index (χ2v) is 7.86. The number of anilines is 1. The fourth-order valence-electron chi connectivity index (χ4n) is 1.98. The van der Waals surface area contributed by atoms with Crippen LogP contribution in [0.3, 0.4) is 0 Å². The minimum Gasteiger partial charge on any atom is -0.369 e. The van der Waals surface area contributed by atoms with Crippen molar-refractivity contribution < 1.29 is 8.42 Å². The summed E-state index contributed by atoms with van der Waals surface area (Å²) in [5, 5.41) is 9.08. The van der Waals surface area contributed by atoms with Crippen LogP contribution in [0.1, 0.15) is 5.69 Å². The summed E-state index contributed by atoms with van der Waals surface area (Å²) < 4.78 is 28.5. The molecule has 0 aliphatic rings. The first-order valence-electron chi connectivity index (χ1n) is 7.16. The van der Waals surface area contributed by atoms with Crippen molar-refractivity contribution in [3.05, 3.63) is 47.9 Å². The Hall–Kier alpha value is -2.30. The van der Waals surface area contributed by atoms with Gasteiger partial charge in [-0.2, -0.15) is 5.10 Å². The smallest absolute Gasteiger partial charge is 0.250 e. The third-order valence-corrected chi connectivity index (χ3v) is 5.95. The van der Waals surface area contributed by atoms with Crippen LogP contribution in [0.2, 0.25) is 0 Å². The van der Waals surface area contributed by atoms with Crippen LogP contribution in [-0.4, -0.2) is 41.3 Å². The molecule has 0 aliphatic heterocycles. The van der Waals surface area contributed by atoms with Gasteiger partial charge in [0, 0.05) is 25.4 Å². The summed E-state index contributed by atoms with van der Waals surface area (Å²) in [7, 11) is -3.44. The van der Waals surface area contributed by atoms with Gasteiger partial charge >= 0.3 is 0 Å². The predicted molar refractivity (Wildman–Crippen MR) is 91.9 cm³/mol. The lowest BCUT2D eigenvalue weighted by molar-refractivity contribution is 0.585. The first-order valence-corrected chi connectivity index (χ1v) is 9.53. The van der Waals surface area contributed by atoms with E-state index < -0.39 is 10.0 Å². The molecule has 0 aromatic carbocycles. The zero-order valence-electron chi connectivity index (χ0n) is 12.9. The molecular formula is C14H16N6O2S2. The highest BCUT2D eigenvalue weighted by Crippen LogP contribution is 2.15. The topological polar surface area (TPSA) is 102 Å². The number of sulfonamides is 1. The molecule has 0 unspecified atom stereocenters. The van der Waals surface area contributed by atoms with E-state index in [1.54, 1.807) is 28.3 Å². The molecule has 3 heterocycles. The number of nitrogens with one attached hydrogen (secondary N) is 2. The number of rotatable bonds is 7. The second-order valence-electron chi connectivity index (χ2n) is 4.92. The Balaban J connectivity index is 1.56. The average Bonchev–Trinajstić information content (AvgIpc) is 3.24. The SMILES string of the molecule is Cc1ccn(-c2cc(NCCNS(=O)(=O)c3cccs3)ncn2)n1. The third kappa shape index (κ3) is 3.96. The maximum atomic E-state index is 12.0. The number of hydrogen-bond acceptors (Lipinski definition) is 7.